The molecule has 0 unspecified atom stereocenters. The quantitative estimate of drug-likeness (QED) is 0.803. The first-order valence-corrected chi connectivity index (χ1v) is 9.80. The third kappa shape index (κ3) is 1.76. The summed E-state index contributed by atoms with van der Waals surface area (Å²) in [6, 6.07) is 0.220. The van der Waals surface area contributed by atoms with E-state index >= 15 is 0 Å². The maximum absolute atomic E-state index is 12.6. The zero-order valence-corrected chi connectivity index (χ0v) is 14.7. The van der Waals surface area contributed by atoms with Crippen LogP contribution < -0.4 is 5.32 Å². The zero-order valence-electron chi connectivity index (χ0n) is 13.8. The Morgan fingerprint density at radius 1 is 1.09 bits per heavy atom. The Morgan fingerprint density at radius 2 is 1.68 bits per heavy atom. The third-order valence-corrected chi connectivity index (χ3v) is 9.18. The van der Waals surface area contributed by atoms with E-state index < -0.39 is 20.4 Å². The zero-order chi connectivity index (χ0) is 16.0. The molecular weight excluding hydrogens is 300 g/mol. The van der Waals surface area contributed by atoms with E-state index in [-0.39, 0.29) is 11.6 Å². The average molecular weight is 326 g/mol. The maximum Gasteiger partial charge on any atom is 0.301 e. The molecule has 0 amide bonds. The molecule has 5 aliphatic rings. The number of rotatable bonds is 1. The van der Waals surface area contributed by atoms with Crippen molar-refractivity contribution in [3.8, 4) is 0 Å². The van der Waals surface area contributed by atoms with Crippen LogP contribution in [0.25, 0.3) is 0 Å². The molecule has 0 aromatic rings. The summed E-state index contributed by atoms with van der Waals surface area (Å²) in [7, 11) is -3.59. The lowest BCUT2D eigenvalue weighted by Crippen LogP contribution is -2.61. The Balaban J connectivity index is 1.66. The summed E-state index contributed by atoms with van der Waals surface area (Å²) in [4.78, 5) is 0. The summed E-state index contributed by atoms with van der Waals surface area (Å²) in [5.74, 6) is 2.26. The van der Waals surface area contributed by atoms with E-state index in [9.17, 15) is 8.42 Å². The molecule has 4 atom stereocenters. The molecule has 4 fully saturated rings. The van der Waals surface area contributed by atoms with Gasteiger partial charge >= 0.3 is 6.02 Å². The van der Waals surface area contributed by atoms with Crippen molar-refractivity contribution in [2.24, 2.45) is 22.2 Å². The van der Waals surface area contributed by atoms with Crippen LogP contribution in [0.4, 0.5) is 0 Å². The van der Waals surface area contributed by atoms with E-state index in [1.165, 1.54) is 19.3 Å². The van der Waals surface area contributed by atoms with Gasteiger partial charge in [0.15, 0.2) is 0 Å². The number of amidine groups is 1. The number of hydrogen-bond donors (Lipinski definition) is 1. The minimum Gasteiger partial charge on any atom is -0.457 e. The molecule has 6 heteroatoms. The second-order valence-corrected chi connectivity index (χ2v) is 11.0. The van der Waals surface area contributed by atoms with Gasteiger partial charge in [-0.1, -0.05) is 0 Å². The highest BCUT2D eigenvalue weighted by molar-refractivity contribution is 7.91. The van der Waals surface area contributed by atoms with Crippen molar-refractivity contribution in [2.75, 3.05) is 0 Å². The first-order chi connectivity index (χ1) is 10.0. The summed E-state index contributed by atoms with van der Waals surface area (Å²) >= 11 is 0. The Morgan fingerprint density at radius 3 is 2.23 bits per heavy atom. The minimum absolute atomic E-state index is 0.0273. The molecular formula is C16H26N2O3S. The third-order valence-electron chi connectivity index (χ3n) is 7.00. The predicted octanol–water partition coefficient (Wildman–Crippen LogP) is 2.43. The summed E-state index contributed by atoms with van der Waals surface area (Å²) in [6.45, 7) is 7.03. The topological polar surface area (TPSA) is 67.8 Å². The minimum atomic E-state index is -3.59. The molecule has 5 rings (SSSR count). The fourth-order valence-electron chi connectivity index (χ4n) is 5.18. The lowest BCUT2D eigenvalue weighted by atomic mass is 9.80. The van der Waals surface area contributed by atoms with Gasteiger partial charge in [0.1, 0.15) is 10.3 Å². The van der Waals surface area contributed by atoms with Gasteiger partial charge < -0.3 is 10.1 Å². The molecule has 1 N–H and O–H groups in total. The molecule has 0 radical (unpaired) electrons. The second kappa shape index (κ2) is 4.00. The monoisotopic (exact) mass is 326 g/mol. The molecule has 4 saturated carbocycles. The van der Waals surface area contributed by atoms with Crippen molar-refractivity contribution in [3.63, 3.8) is 0 Å². The van der Waals surface area contributed by atoms with Gasteiger partial charge in [0.2, 0.25) is 0 Å². The van der Waals surface area contributed by atoms with E-state index in [1.54, 1.807) is 13.8 Å². The lowest BCUT2D eigenvalue weighted by molar-refractivity contribution is 0.0436. The molecule has 5 nitrogen and oxygen atoms in total. The fraction of sp³-hybridized carbons (Fsp3) is 0.938. The number of sulfonamides is 1. The smallest absolute Gasteiger partial charge is 0.301 e. The first kappa shape index (κ1) is 14.8. The van der Waals surface area contributed by atoms with Crippen molar-refractivity contribution in [1.29, 1.82) is 0 Å². The molecule has 0 aromatic heterocycles. The largest absolute Gasteiger partial charge is 0.457 e. The van der Waals surface area contributed by atoms with E-state index in [1.807, 2.05) is 13.8 Å². The lowest BCUT2D eigenvalue weighted by Gasteiger charge is -2.44. The average Bonchev–Trinajstić information content (AvgIpc) is 2.70. The molecule has 1 heterocycles. The van der Waals surface area contributed by atoms with Gasteiger partial charge in [-0.3, -0.25) is 0 Å². The Bertz CT molecular complexity index is 636. The number of ether oxygens (including phenoxy) is 1. The van der Waals surface area contributed by atoms with Crippen LogP contribution >= 0.6 is 0 Å². The van der Waals surface area contributed by atoms with Crippen LogP contribution in [-0.4, -0.2) is 30.3 Å². The molecule has 124 valence electrons. The van der Waals surface area contributed by atoms with Crippen LogP contribution in [0.1, 0.15) is 59.8 Å². The SMILES string of the molecule is CC1(C)OC(N[C@@]23C[C@@H]4C[C@@H](C[C@@H]2C4)C3)=NS(=O)(=O)C1(C)C. The standard InChI is InChI=1S/C16H26N2O3S/c1-14(2)15(3,4)22(19,20)18-13(21-14)17-16-8-10-5-11(9-16)7-12(16)6-10/h10-12H,5-9H2,1-4H3,(H,17,18)/t10-,11+,12+,16-. The van der Waals surface area contributed by atoms with Crippen LogP contribution in [0.3, 0.4) is 0 Å². The summed E-state index contributed by atoms with van der Waals surface area (Å²) in [5, 5.41) is 3.45. The first-order valence-electron chi connectivity index (χ1n) is 8.36. The molecule has 4 bridgehead atoms. The van der Waals surface area contributed by atoms with Crippen LogP contribution in [0.5, 0.6) is 0 Å². The Labute approximate surface area is 133 Å². The number of nitrogens with one attached hydrogen (secondary N) is 1. The molecule has 0 spiro atoms. The van der Waals surface area contributed by atoms with Gasteiger partial charge in [0.05, 0.1) is 0 Å². The number of hydrogen-bond acceptors (Lipinski definition) is 4. The summed E-state index contributed by atoms with van der Waals surface area (Å²) in [6.07, 6.45) is 6.18. The molecule has 1 aliphatic heterocycles. The van der Waals surface area contributed by atoms with Crippen molar-refractivity contribution in [2.45, 2.75) is 75.7 Å². The highest BCUT2D eigenvalue weighted by atomic mass is 32.2. The van der Waals surface area contributed by atoms with Crippen LogP contribution in [0.15, 0.2) is 4.40 Å². The van der Waals surface area contributed by atoms with Crippen molar-refractivity contribution >= 4 is 16.0 Å². The van der Waals surface area contributed by atoms with Crippen LogP contribution in [0, 0.1) is 17.8 Å². The second-order valence-electron chi connectivity index (χ2n) is 8.82. The highest BCUT2D eigenvalue weighted by Crippen LogP contribution is 2.60. The predicted molar refractivity (Wildman–Crippen MR) is 85.0 cm³/mol. The van der Waals surface area contributed by atoms with E-state index in [0.29, 0.717) is 5.92 Å². The Kier molecular flexibility index (Phi) is 2.69. The number of nitrogens with zero attached hydrogens (tertiary/aromatic N) is 1. The molecule has 0 saturated heterocycles. The summed E-state index contributed by atoms with van der Waals surface area (Å²) < 4.78 is 34.1. The van der Waals surface area contributed by atoms with Gasteiger partial charge in [-0.25, -0.2) is 8.42 Å². The van der Waals surface area contributed by atoms with E-state index in [4.69, 9.17) is 4.74 Å². The molecule has 0 aromatic carbocycles. The van der Waals surface area contributed by atoms with Gasteiger partial charge in [-0.15, -0.1) is 4.40 Å². The van der Waals surface area contributed by atoms with Gasteiger partial charge in [0, 0.05) is 5.54 Å². The van der Waals surface area contributed by atoms with Gasteiger partial charge in [-0.2, -0.15) is 0 Å². The van der Waals surface area contributed by atoms with E-state index in [0.717, 1.165) is 24.7 Å². The molecule has 4 aliphatic carbocycles. The highest BCUT2D eigenvalue weighted by Gasteiger charge is 2.60. The van der Waals surface area contributed by atoms with Gasteiger partial charge in [0.25, 0.3) is 10.0 Å². The fourth-order valence-corrected chi connectivity index (χ4v) is 6.37. The normalized spacial score (nSPS) is 46.2. The van der Waals surface area contributed by atoms with Crippen molar-refractivity contribution < 1.29 is 13.2 Å². The van der Waals surface area contributed by atoms with Gasteiger partial charge in [-0.05, 0) is 77.6 Å². The molecule has 22 heavy (non-hydrogen) atoms. The van der Waals surface area contributed by atoms with Crippen LogP contribution in [-0.2, 0) is 14.8 Å². The van der Waals surface area contributed by atoms with E-state index in [2.05, 4.69) is 9.71 Å². The Hall–Kier alpha value is -0.780. The van der Waals surface area contributed by atoms with Crippen LogP contribution in [0.2, 0.25) is 0 Å². The summed E-state index contributed by atoms with van der Waals surface area (Å²) in [5.41, 5.74) is -0.776. The van der Waals surface area contributed by atoms with Crippen molar-refractivity contribution in [1.82, 2.24) is 5.32 Å². The maximum atomic E-state index is 12.6. The van der Waals surface area contributed by atoms with Crippen molar-refractivity contribution in [3.05, 3.63) is 0 Å².